The fourth-order valence-corrected chi connectivity index (χ4v) is 4.72. The summed E-state index contributed by atoms with van der Waals surface area (Å²) in [6.45, 7) is 1.81. The van der Waals surface area contributed by atoms with E-state index in [0.717, 1.165) is 30.8 Å². The molecule has 21 heavy (non-hydrogen) atoms. The van der Waals surface area contributed by atoms with Gasteiger partial charge >= 0.3 is 0 Å². The lowest BCUT2D eigenvalue weighted by molar-refractivity contribution is 0.0540. The van der Waals surface area contributed by atoms with Crippen LogP contribution in [-0.4, -0.2) is 33.5 Å². The zero-order valence-corrected chi connectivity index (χ0v) is 13.0. The molecule has 4 rings (SSSR count). The number of hydrogen-bond acceptors (Lipinski definition) is 4. The predicted octanol–water partition coefficient (Wildman–Crippen LogP) is 3.43. The first-order valence-corrected chi connectivity index (χ1v) is 8.98. The van der Waals surface area contributed by atoms with Crippen LogP contribution in [0.3, 0.4) is 0 Å². The Morgan fingerprint density at radius 2 is 2.33 bits per heavy atom. The standard InChI is InChI=1S/C16H21N3OS/c1-5-13-16(17-7-1)19(15-6-3-9-21-15)14(18-13)10-12-4-2-8-20-11-12/h1,5,7,12,15H,2-4,6,8-11H2. The topological polar surface area (TPSA) is 39.9 Å². The molecule has 4 heterocycles. The molecule has 112 valence electrons. The van der Waals surface area contributed by atoms with Crippen LogP contribution in [0.15, 0.2) is 18.3 Å². The number of pyridine rings is 1. The van der Waals surface area contributed by atoms with Gasteiger partial charge in [0.05, 0.1) is 5.37 Å². The summed E-state index contributed by atoms with van der Waals surface area (Å²) in [4.78, 5) is 9.48. The Bertz CT molecular complexity index is 615. The van der Waals surface area contributed by atoms with Crippen LogP contribution in [0.2, 0.25) is 0 Å². The van der Waals surface area contributed by atoms with Gasteiger partial charge in [0.25, 0.3) is 0 Å². The number of thioether (sulfide) groups is 1. The molecule has 4 nitrogen and oxygen atoms in total. The van der Waals surface area contributed by atoms with Crippen molar-refractivity contribution in [3.05, 3.63) is 24.2 Å². The number of nitrogens with zero attached hydrogens (tertiary/aromatic N) is 3. The molecule has 0 radical (unpaired) electrons. The molecule has 0 bridgehead atoms. The first-order valence-electron chi connectivity index (χ1n) is 7.93. The summed E-state index contributed by atoms with van der Waals surface area (Å²) in [6, 6.07) is 4.06. The minimum Gasteiger partial charge on any atom is -0.381 e. The first-order chi connectivity index (χ1) is 10.4. The van der Waals surface area contributed by atoms with E-state index in [1.807, 2.05) is 24.0 Å². The van der Waals surface area contributed by atoms with Gasteiger partial charge in [-0.1, -0.05) is 0 Å². The Balaban J connectivity index is 1.70. The number of aromatic nitrogens is 3. The number of ether oxygens (including phenoxy) is 1. The van der Waals surface area contributed by atoms with E-state index in [1.54, 1.807) is 0 Å². The van der Waals surface area contributed by atoms with Crippen LogP contribution in [0.5, 0.6) is 0 Å². The van der Waals surface area contributed by atoms with Gasteiger partial charge in [-0.2, -0.15) is 0 Å². The summed E-state index contributed by atoms with van der Waals surface area (Å²) in [5.74, 6) is 3.07. The van der Waals surface area contributed by atoms with Crippen molar-refractivity contribution in [3.8, 4) is 0 Å². The first kappa shape index (κ1) is 13.6. The molecular formula is C16H21N3OS. The van der Waals surface area contributed by atoms with E-state index in [0.29, 0.717) is 11.3 Å². The lowest BCUT2D eigenvalue weighted by Gasteiger charge is -2.23. The summed E-state index contributed by atoms with van der Waals surface area (Å²) < 4.78 is 8.04. The van der Waals surface area contributed by atoms with Gasteiger partial charge in [-0.3, -0.25) is 4.57 Å². The van der Waals surface area contributed by atoms with Crippen LogP contribution in [0.1, 0.15) is 36.9 Å². The summed E-state index contributed by atoms with van der Waals surface area (Å²) in [6.07, 6.45) is 7.88. The van der Waals surface area contributed by atoms with Gasteiger partial charge in [0, 0.05) is 25.8 Å². The van der Waals surface area contributed by atoms with Crippen LogP contribution in [0.4, 0.5) is 0 Å². The largest absolute Gasteiger partial charge is 0.381 e. The fourth-order valence-electron chi connectivity index (χ4n) is 3.41. The number of rotatable bonds is 3. The number of fused-ring (bicyclic) bond motifs is 1. The summed E-state index contributed by atoms with van der Waals surface area (Å²) >= 11 is 2.04. The third-order valence-corrected chi connectivity index (χ3v) is 5.80. The van der Waals surface area contributed by atoms with Crippen molar-refractivity contribution >= 4 is 22.9 Å². The van der Waals surface area contributed by atoms with Gasteiger partial charge < -0.3 is 4.74 Å². The van der Waals surface area contributed by atoms with Crippen molar-refractivity contribution in [1.29, 1.82) is 0 Å². The lowest BCUT2D eigenvalue weighted by Crippen LogP contribution is -2.21. The van der Waals surface area contributed by atoms with E-state index in [2.05, 4.69) is 15.6 Å². The van der Waals surface area contributed by atoms with Crippen molar-refractivity contribution in [2.45, 2.75) is 37.5 Å². The van der Waals surface area contributed by atoms with Crippen LogP contribution in [0, 0.1) is 5.92 Å². The van der Waals surface area contributed by atoms with Gasteiger partial charge in [-0.25, -0.2) is 9.97 Å². The van der Waals surface area contributed by atoms with Crippen LogP contribution >= 0.6 is 11.8 Å². The van der Waals surface area contributed by atoms with E-state index < -0.39 is 0 Å². The maximum absolute atomic E-state index is 5.64. The highest BCUT2D eigenvalue weighted by atomic mass is 32.2. The average molecular weight is 303 g/mol. The summed E-state index contributed by atoms with van der Waals surface area (Å²) in [5.41, 5.74) is 2.10. The second-order valence-electron chi connectivity index (χ2n) is 6.00. The van der Waals surface area contributed by atoms with E-state index in [4.69, 9.17) is 9.72 Å². The summed E-state index contributed by atoms with van der Waals surface area (Å²) in [5, 5.41) is 0.518. The van der Waals surface area contributed by atoms with Crippen molar-refractivity contribution < 1.29 is 4.74 Å². The third-order valence-electron chi connectivity index (χ3n) is 4.44. The average Bonchev–Trinajstić information content (AvgIpc) is 3.14. The Morgan fingerprint density at radius 3 is 3.14 bits per heavy atom. The van der Waals surface area contributed by atoms with Gasteiger partial charge in [-0.15, -0.1) is 11.8 Å². The van der Waals surface area contributed by atoms with Crippen molar-refractivity contribution in [2.24, 2.45) is 5.92 Å². The molecule has 2 fully saturated rings. The van der Waals surface area contributed by atoms with Gasteiger partial charge in [-0.05, 0) is 49.5 Å². The van der Waals surface area contributed by atoms with Gasteiger partial charge in [0.2, 0.25) is 0 Å². The van der Waals surface area contributed by atoms with Crippen LogP contribution in [0.25, 0.3) is 11.2 Å². The van der Waals surface area contributed by atoms with E-state index in [-0.39, 0.29) is 0 Å². The molecule has 2 unspecified atom stereocenters. The van der Waals surface area contributed by atoms with Crippen molar-refractivity contribution in [2.75, 3.05) is 19.0 Å². The van der Waals surface area contributed by atoms with E-state index in [9.17, 15) is 0 Å². The number of imidazole rings is 1. The molecule has 2 atom stereocenters. The second-order valence-corrected chi connectivity index (χ2v) is 7.28. The molecule has 0 N–H and O–H groups in total. The van der Waals surface area contributed by atoms with Gasteiger partial charge in [0.1, 0.15) is 11.3 Å². The Labute approximate surface area is 129 Å². The number of hydrogen-bond donors (Lipinski definition) is 0. The highest BCUT2D eigenvalue weighted by Crippen LogP contribution is 2.38. The Hall–Kier alpha value is -1.07. The van der Waals surface area contributed by atoms with Crippen LogP contribution in [-0.2, 0) is 11.2 Å². The molecular weight excluding hydrogens is 282 g/mol. The molecule has 0 amide bonds. The SMILES string of the molecule is c1cnc2c(c1)nc(CC1CCCOC1)n2C1CCCS1. The fraction of sp³-hybridized carbons (Fsp3) is 0.625. The molecule has 0 spiro atoms. The van der Waals surface area contributed by atoms with Gasteiger partial charge in [0.15, 0.2) is 5.65 Å². The summed E-state index contributed by atoms with van der Waals surface area (Å²) in [7, 11) is 0. The third kappa shape index (κ3) is 2.69. The second kappa shape index (κ2) is 5.97. The maximum Gasteiger partial charge on any atom is 0.160 e. The molecule has 2 aromatic heterocycles. The maximum atomic E-state index is 5.64. The zero-order valence-electron chi connectivity index (χ0n) is 12.2. The monoisotopic (exact) mass is 303 g/mol. The quantitative estimate of drug-likeness (QED) is 0.871. The molecule has 2 aliphatic heterocycles. The van der Waals surface area contributed by atoms with E-state index >= 15 is 0 Å². The lowest BCUT2D eigenvalue weighted by atomic mass is 9.98. The van der Waals surface area contributed by atoms with Crippen molar-refractivity contribution in [1.82, 2.24) is 14.5 Å². The highest BCUT2D eigenvalue weighted by molar-refractivity contribution is 7.99. The minimum atomic E-state index is 0.518. The molecule has 5 heteroatoms. The smallest absolute Gasteiger partial charge is 0.160 e. The molecule has 2 aromatic rings. The minimum absolute atomic E-state index is 0.518. The van der Waals surface area contributed by atoms with Crippen LogP contribution < -0.4 is 0 Å². The highest BCUT2D eigenvalue weighted by Gasteiger charge is 2.25. The predicted molar refractivity (Wildman–Crippen MR) is 85.5 cm³/mol. The zero-order chi connectivity index (χ0) is 14.1. The molecule has 2 saturated heterocycles. The molecule has 0 saturated carbocycles. The normalized spacial score (nSPS) is 26.5. The molecule has 2 aliphatic rings. The Kier molecular flexibility index (Phi) is 3.86. The molecule has 0 aliphatic carbocycles. The van der Waals surface area contributed by atoms with E-state index in [1.165, 1.54) is 37.3 Å². The Morgan fingerprint density at radius 1 is 1.33 bits per heavy atom. The molecule has 0 aromatic carbocycles. The van der Waals surface area contributed by atoms with Crippen molar-refractivity contribution in [3.63, 3.8) is 0 Å².